The zero-order chi connectivity index (χ0) is 15.2. The molecule has 0 fully saturated rings. The van der Waals surface area contributed by atoms with Crippen LogP contribution in [0, 0.1) is 5.92 Å². The second kappa shape index (κ2) is 7.64. The first-order chi connectivity index (χ1) is 9.36. The second-order valence-corrected chi connectivity index (χ2v) is 7.56. The van der Waals surface area contributed by atoms with E-state index in [4.69, 9.17) is 0 Å². The van der Waals surface area contributed by atoms with Crippen LogP contribution in [0.3, 0.4) is 0 Å². The van der Waals surface area contributed by atoms with E-state index in [0.29, 0.717) is 35.9 Å². The molecule has 0 bridgehead atoms. The molecule has 1 unspecified atom stereocenters. The highest BCUT2D eigenvalue weighted by Crippen LogP contribution is 2.22. The zero-order valence-corrected chi connectivity index (χ0v) is 13.3. The van der Waals surface area contributed by atoms with Crippen molar-refractivity contribution in [2.24, 2.45) is 5.92 Å². The summed E-state index contributed by atoms with van der Waals surface area (Å²) < 4.78 is 24.3. The number of rotatable bonds is 8. The van der Waals surface area contributed by atoms with Gasteiger partial charge in [-0.15, -0.1) is 0 Å². The molecule has 0 aliphatic heterocycles. The lowest BCUT2D eigenvalue weighted by molar-refractivity contribution is 0.161. The van der Waals surface area contributed by atoms with E-state index >= 15 is 0 Å². The quantitative estimate of drug-likeness (QED) is 0.774. The van der Waals surface area contributed by atoms with Gasteiger partial charge in [0.15, 0.2) is 9.84 Å². The molecule has 0 heterocycles. The van der Waals surface area contributed by atoms with E-state index in [9.17, 15) is 13.5 Å². The van der Waals surface area contributed by atoms with Gasteiger partial charge in [0, 0.05) is 6.54 Å². The molecule has 5 heteroatoms. The molecule has 2 N–H and O–H groups in total. The summed E-state index contributed by atoms with van der Waals surface area (Å²) in [7, 11) is -3.26. The van der Waals surface area contributed by atoms with Gasteiger partial charge >= 0.3 is 0 Å². The Labute approximate surface area is 122 Å². The van der Waals surface area contributed by atoms with E-state index in [1.54, 1.807) is 24.3 Å². The van der Waals surface area contributed by atoms with Gasteiger partial charge in [0.1, 0.15) is 0 Å². The van der Waals surface area contributed by atoms with Crippen molar-refractivity contribution in [3.8, 4) is 0 Å². The molecular formula is C15H25NO3S. The molecule has 0 amide bonds. The van der Waals surface area contributed by atoms with Crippen LogP contribution in [0.15, 0.2) is 29.2 Å². The molecule has 4 nitrogen and oxygen atoms in total. The minimum Gasteiger partial charge on any atom is -0.391 e. The third-order valence-electron chi connectivity index (χ3n) is 2.97. The molecule has 0 aromatic heterocycles. The highest BCUT2D eigenvalue weighted by Gasteiger charge is 2.17. The minimum absolute atomic E-state index is 0.139. The number of benzene rings is 1. The third-order valence-corrected chi connectivity index (χ3v) is 4.94. The molecule has 20 heavy (non-hydrogen) atoms. The largest absolute Gasteiger partial charge is 0.391 e. The van der Waals surface area contributed by atoms with Crippen molar-refractivity contribution in [2.45, 2.75) is 44.6 Å². The lowest BCUT2D eigenvalue weighted by Gasteiger charge is -2.16. The van der Waals surface area contributed by atoms with Gasteiger partial charge in [-0.3, -0.25) is 0 Å². The first-order valence-corrected chi connectivity index (χ1v) is 8.75. The van der Waals surface area contributed by atoms with E-state index in [0.717, 1.165) is 0 Å². The van der Waals surface area contributed by atoms with Gasteiger partial charge in [-0.05, 0) is 30.9 Å². The molecule has 0 saturated heterocycles. The molecule has 1 atom stereocenters. The van der Waals surface area contributed by atoms with Crippen LogP contribution in [0.1, 0.15) is 33.6 Å². The molecule has 1 aromatic rings. The van der Waals surface area contributed by atoms with Crippen LogP contribution in [0.4, 0.5) is 5.69 Å². The molecule has 0 saturated carbocycles. The SMILES string of the molecule is CCCS(=O)(=O)c1ccccc1NCC(O)CC(C)C. The van der Waals surface area contributed by atoms with Crippen LogP contribution in [0.2, 0.25) is 0 Å². The van der Waals surface area contributed by atoms with Gasteiger partial charge in [-0.2, -0.15) is 0 Å². The van der Waals surface area contributed by atoms with Crippen LogP contribution in [0.25, 0.3) is 0 Å². The Hall–Kier alpha value is -1.07. The summed E-state index contributed by atoms with van der Waals surface area (Å²) in [5, 5.41) is 12.9. The Morgan fingerprint density at radius 3 is 2.50 bits per heavy atom. The highest BCUT2D eigenvalue weighted by molar-refractivity contribution is 7.91. The number of aliphatic hydroxyl groups excluding tert-OH is 1. The van der Waals surface area contributed by atoms with Gasteiger partial charge in [0.05, 0.1) is 22.4 Å². The first kappa shape index (κ1) is 17.0. The standard InChI is InChI=1S/C15H25NO3S/c1-4-9-20(18,19)15-8-6-5-7-14(15)16-11-13(17)10-12(2)3/h5-8,12-13,16-17H,4,9-11H2,1-3H3. The maximum Gasteiger partial charge on any atom is 0.180 e. The Bertz CT molecular complexity index is 512. The number of para-hydroxylation sites is 1. The summed E-state index contributed by atoms with van der Waals surface area (Å²) in [6.07, 6.45) is 0.806. The zero-order valence-electron chi connectivity index (χ0n) is 12.5. The topological polar surface area (TPSA) is 66.4 Å². The average Bonchev–Trinajstić information content (AvgIpc) is 2.36. The summed E-state index contributed by atoms with van der Waals surface area (Å²) in [5.41, 5.74) is 0.573. The van der Waals surface area contributed by atoms with Gasteiger partial charge in [-0.1, -0.05) is 32.9 Å². The predicted molar refractivity (Wildman–Crippen MR) is 82.7 cm³/mol. The van der Waals surface area contributed by atoms with Crippen molar-refractivity contribution >= 4 is 15.5 Å². The number of aliphatic hydroxyl groups is 1. The maximum atomic E-state index is 12.2. The predicted octanol–water partition coefficient (Wildman–Crippen LogP) is 2.69. The fourth-order valence-corrected chi connectivity index (χ4v) is 3.64. The molecule has 0 aliphatic carbocycles. The van der Waals surface area contributed by atoms with E-state index < -0.39 is 15.9 Å². The van der Waals surface area contributed by atoms with Gasteiger partial charge in [-0.25, -0.2) is 8.42 Å². The molecule has 1 rings (SSSR count). The van der Waals surface area contributed by atoms with Crippen molar-refractivity contribution < 1.29 is 13.5 Å². The fourth-order valence-electron chi connectivity index (χ4n) is 2.12. The smallest absolute Gasteiger partial charge is 0.180 e. The van der Waals surface area contributed by atoms with Crippen molar-refractivity contribution in [1.82, 2.24) is 0 Å². The number of sulfone groups is 1. The van der Waals surface area contributed by atoms with Crippen LogP contribution >= 0.6 is 0 Å². The lowest BCUT2D eigenvalue weighted by Crippen LogP contribution is -2.22. The Morgan fingerprint density at radius 1 is 1.25 bits per heavy atom. The van der Waals surface area contributed by atoms with Crippen LogP contribution in [0.5, 0.6) is 0 Å². The fraction of sp³-hybridized carbons (Fsp3) is 0.600. The maximum absolute atomic E-state index is 12.2. The lowest BCUT2D eigenvalue weighted by atomic mass is 10.1. The number of nitrogens with one attached hydrogen (secondary N) is 1. The summed E-state index contributed by atoms with van der Waals surface area (Å²) >= 11 is 0. The van der Waals surface area contributed by atoms with E-state index in [2.05, 4.69) is 5.32 Å². The molecule has 0 aliphatic rings. The van der Waals surface area contributed by atoms with Crippen molar-refractivity contribution in [2.75, 3.05) is 17.6 Å². The second-order valence-electron chi connectivity index (χ2n) is 5.48. The molecule has 0 spiro atoms. The Kier molecular flexibility index (Phi) is 6.49. The van der Waals surface area contributed by atoms with E-state index in [1.165, 1.54) is 0 Å². The van der Waals surface area contributed by atoms with Crippen LogP contribution in [-0.4, -0.2) is 31.9 Å². The monoisotopic (exact) mass is 299 g/mol. The van der Waals surface area contributed by atoms with Crippen LogP contribution < -0.4 is 5.32 Å². The minimum atomic E-state index is -3.26. The van der Waals surface area contributed by atoms with E-state index in [-0.39, 0.29) is 5.75 Å². The Morgan fingerprint density at radius 2 is 1.90 bits per heavy atom. The molecular weight excluding hydrogens is 274 g/mol. The van der Waals surface area contributed by atoms with Crippen molar-refractivity contribution in [1.29, 1.82) is 0 Å². The summed E-state index contributed by atoms with van der Waals surface area (Å²) in [4.78, 5) is 0.318. The summed E-state index contributed by atoms with van der Waals surface area (Å²) in [5.74, 6) is 0.547. The van der Waals surface area contributed by atoms with E-state index in [1.807, 2.05) is 20.8 Å². The van der Waals surface area contributed by atoms with Gasteiger partial charge < -0.3 is 10.4 Å². The van der Waals surface area contributed by atoms with Crippen molar-refractivity contribution in [3.05, 3.63) is 24.3 Å². The number of hydrogen-bond donors (Lipinski definition) is 2. The summed E-state index contributed by atoms with van der Waals surface area (Å²) in [6, 6.07) is 6.87. The molecule has 1 aromatic carbocycles. The number of hydrogen-bond acceptors (Lipinski definition) is 4. The van der Waals surface area contributed by atoms with Crippen LogP contribution in [-0.2, 0) is 9.84 Å². The summed E-state index contributed by atoms with van der Waals surface area (Å²) in [6.45, 7) is 6.29. The van der Waals surface area contributed by atoms with Gasteiger partial charge in [0.2, 0.25) is 0 Å². The first-order valence-electron chi connectivity index (χ1n) is 7.10. The Balaban J connectivity index is 2.81. The van der Waals surface area contributed by atoms with Gasteiger partial charge in [0.25, 0.3) is 0 Å². The normalized spacial score (nSPS) is 13.4. The van der Waals surface area contributed by atoms with Crippen molar-refractivity contribution in [3.63, 3.8) is 0 Å². The molecule has 114 valence electrons. The third kappa shape index (κ3) is 5.13. The molecule has 0 radical (unpaired) electrons. The average molecular weight is 299 g/mol. The number of anilines is 1. The highest BCUT2D eigenvalue weighted by atomic mass is 32.2.